The van der Waals surface area contributed by atoms with Gasteiger partial charge in [-0.25, -0.2) is 4.79 Å². The summed E-state index contributed by atoms with van der Waals surface area (Å²) in [6.45, 7) is 4.98. The maximum Gasteiger partial charge on any atom is 0.339 e. The van der Waals surface area contributed by atoms with Crippen molar-refractivity contribution in [2.24, 2.45) is 0 Å². The predicted molar refractivity (Wildman–Crippen MR) is 123 cm³/mol. The van der Waals surface area contributed by atoms with E-state index in [9.17, 15) is 24.6 Å². The summed E-state index contributed by atoms with van der Waals surface area (Å²) in [6, 6.07) is 8.28. The number of carboxylic acids is 1. The van der Waals surface area contributed by atoms with Crippen molar-refractivity contribution >= 4 is 33.7 Å². The highest BCUT2D eigenvalue weighted by molar-refractivity contribution is 5.88. The lowest BCUT2D eigenvalue weighted by atomic mass is 10.0. The summed E-state index contributed by atoms with van der Waals surface area (Å²) in [5.74, 6) is -1.77. The van der Waals surface area contributed by atoms with E-state index in [1.807, 2.05) is 6.92 Å². The Morgan fingerprint density at radius 1 is 1.15 bits per heavy atom. The van der Waals surface area contributed by atoms with Crippen LogP contribution in [0.3, 0.4) is 0 Å². The van der Waals surface area contributed by atoms with Gasteiger partial charge in [0.15, 0.2) is 6.10 Å². The number of carbonyl (C=O) groups excluding carboxylic acids is 2. The van der Waals surface area contributed by atoms with Crippen molar-refractivity contribution in [3.8, 4) is 11.5 Å². The molecule has 0 saturated heterocycles. The van der Waals surface area contributed by atoms with Gasteiger partial charge in [0.05, 0.1) is 12.0 Å². The van der Waals surface area contributed by atoms with Crippen LogP contribution in [-0.2, 0) is 16.0 Å². The van der Waals surface area contributed by atoms with Gasteiger partial charge in [0.2, 0.25) is 0 Å². The van der Waals surface area contributed by atoms with Gasteiger partial charge in [-0.3, -0.25) is 4.79 Å². The number of hydrogen-bond donors (Lipinski definition) is 3. The molecule has 2 aromatic heterocycles. The monoisotopic (exact) mass is 463 g/mol. The van der Waals surface area contributed by atoms with Crippen molar-refractivity contribution in [3.05, 3.63) is 69.7 Å². The predicted octanol–water partition coefficient (Wildman–Crippen LogP) is 1.84. The maximum atomic E-state index is 12.7. The second-order valence-corrected chi connectivity index (χ2v) is 8.19. The number of carboxylic acid groups (broad SMARTS) is 1. The minimum atomic E-state index is -1.45. The number of amides is 1. The zero-order valence-electron chi connectivity index (χ0n) is 18.8. The second-order valence-electron chi connectivity index (χ2n) is 8.19. The van der Waals surface area contributed by atoms with Gasteiger partial charge in [0.25, 0.3) is 5.91 Å². The average molecular weight is 463 g/mol. The van der Waals surface area contributed by atoms with Crippen molar-refractivity contribution in [3.63, 3.8) is 0 Å². The minimum Gasteiger partial charge on any atom is -0.548 e. The Labute approximate surface area is 194 Å². The van der Waals surface area contributed by atoms with Crippen molar-refractivity contribution in [2.45, 2.75) is 39.3 Å². The molecule has 9 heteroatoms. The number of phenolic OH excluding ortho intramolecular Hbond substituents is 1. The van der Waals surface area contributed by atoms with Crippen molar-refractivity contribution in [1.82, 2.24) is 10.3 Å². The SMILES string of the molecule is Cc1c(C)c2ccc(O[C@@H](C)C(=O)N[C@@H](Cc3c[nH]c4ccc(O)cc34)C(=O)[O-])cc2oc1=O. The molecule has 0 aliphatic carbocycles. The van der Waals surface area contributed by atoms with Gasteiger partial charge in [-0.05, 0) is 62.2 Å². The molecule has 34 heavy (non-hydrogen) atoms. The van der Waals surface area contributed by atoms with E-state index in [2.05, 4.69) is 10.3 Å². The summed E-state index contributed by atoms with van der Waals surface area (Å²) in [5, 5.41) is 25.3. The lowest BCUT2D eigenvalue weighted by molar-refractivity contribution is -0.308. The highest BCUT2D eigenvalue weighted by Crippen LogP contribution is 2.25. The molecule has 4 aromatic rings. The Morgan fingerprint density at radius 3 is 2.65 bits per heavy atom. The number of H-pyrrole nitrogens is 1. The molecule has 3 N–H and O–H groups in total. The zero-order chi connectivity index (χ0) is 24.6. The molecule has 0 fully saturated rings. The number of carbonyl (C=O) groups is 2. The molecule has 0 aliphatic rings. The number of fused-ring (bicyclic) bond motifs is 2. The molecular formula is C25H23N2O7-. The van der Waals surface area contributed by atoms with E-state index in [0.717, 1.165) is 16.5 Å². The molecule has 2 heterocycles. The normalized spacial score (nSPS) is 13.0. The molecule has 0 saturated carbocycles. The molecule has 0 spiro atoms. The molecule has 4 rings (SSSR count). The van der Waals surface area contributed by atoms with Gasteiger partial charge in [-0.1, -0.05) is 0 Å². The number of aromatic hydroxyl groups is 1. The third kappa shape index (κ3) is 4.45. The first-order valence-electron chi connectivity index (χ1n) is 10.6. The molecule has 0 bridgehead atoms. The third-order valence-electron chi connectivity index (χ3n) is 5.89. The first-order chi connectivity index (χ1) is 16.1. The van der Waals surface area contributed by atoms with E-state index in [4.69, 9.17) is 9.15 Å². The van der Waals surface area contributed by atoms with Crippen LogP contribution >= 0.6 is 0 Å². The first-order valence-corrected chi connectivity index (χ1v) is 10.6. The molecule has 0 aliphatic heterocycles. The fraction of sp³-hybridized carbons (Fsp3) is 0.240. The fourth-order valence-electron chi connectivity index (χ4n) is 3.80. The van der Waals surface area contributed by atoms with Crippen LogP contribution in [0.5, 0.6) is 11.5 Å². The van der Waals surface area contributed by atoms with Crippen molar-refractivity contribution in [2.75, 3.05) is 0 Å². The Bertz CT molecular complexity index is 1470. The number of hydrogen-bond acceptors (Lipinski definition) is 7. The number of aromatic amines is 1. The summed E-state index contributed by atoms with van der Waals surface area (Å²) < 4.78 is 11.0. The van der Waals surface area contributed by atoms with Crippen LogP contribution in [0.2, 0.25) is 0 Å². The van der Waals surface area contributed by atoms with E-state index < -0.39 is 29.6 Å². The third-order valence-corrected chi connectivity index (χ3v) is 5.89. The van der Waals surface area contributed by atoms with Crippen LogP contribution in [-0.4, -0.2) is 34.1 Å². The summed E-state index contributed by atoms with van der Waals surface area (Å²) in [5.41, 5.74) is 2.52. The molecule has 0 unspecified atom stereocenters. The first kappa shape index (κ1) is 22.9. The molecule has 2 aromatic carbocycles. The lowest BCUT2D eigenvalue weighted by Crippen LogP contribution is -2.52. The summed E-state index contributed by atoms with van der Waals surface area (Å²) in [4.78, 5) is 39.4. The van der Waals surface area contributed by atoms with Crippen LogP contribution < -0.4 is 20.8 Å². The van der Waals surface area contributed by atoms with E-state index in [-0.39, 0.29) is 12.2 Å². The number of rotatable bonds is 7. The molecular weight excluding hydrogens is 440 g/mol. The van der Waals surface area contributed by atoms with E-state index in [1.54, 1.807) is 31.3 Å². The average Bonchev–Trinajstić information content (AvgIpc) is 3.18. The number of phenols is 1. The number of aliphatic carboxylic acids is 1. The number of aromatic nitrogens is 1. The minimum absolute atomic E-state index is 0.0426. The number of ether oxygens (including phenoxy) is 1. The van der Waals surface area contributed by atoms with Gasteiger partial charge in [0.1, 0.15) is 17.1 Å². The van der Waals surface area contributed by atoms with E-state index in [0.29, 0.717) is 27.8 Å². The Hall–Kier alpha value is -4.27. The smallest absolute Gasteiger partial charge is 0.339 e. The molecule has 1 amide bonds. The highest BCUT2D eigenvalue weighted by Gasteiger charge is 2.22. The fourth-order valence-corrected chi connectivity index (χ4v) is 3.80. The molecule has 9 nitrogen and oxygen atoms in total. The van der Waals surface area contributed by atoms with Gasteiger partial charge in [0, 0.05) is 40.5 Å². The van der Waals surface area contributed by atoms with Crippen molar-refractivity contribution < 1.29 is 29.0 Å². The lowest BCUT2D eigenvalue weighted by Gasteiger charge is -2.22. The number of benzene rings is 2. The standard InChI is InChI=1S/C25H24N2O7/c1-12-13(2)25(32)34-22-10-17(5-6-18(12)22)33-14(3)23(29)27-21(24(30)31)8-15-11-26-20-7-4-16(28)9-19(15)20/h4-7,9-11,14,21,26,28H,8H2,1-3H3,(H,27,29)(H,30,31)/p-1/t14-,21-/m0/s1. The van der Waals surface area contributed by atoms with Crippen LogP contribution in [0.25, 0.3) is 21.9 Å². The summed E-state index contributed by atoms with van der Waals surface area (Å²) >= 11 is 0. The topological polar surface area (TPSA) is 145 Å². The van der Waals surface area contributed by atoms with Gasteiger partial charge < -0.3 is 34.5 Å². The molecule has 0 radical (unpaired) electrons. The van der Waals surface area contributed by atoms with Gasteiger partial charge in [-0.2, -0.15) is 0 Å². The number of nitrogens with one attached hydrogen (secondary N) is 2. The van der Waals surface area contributed by atoms with Crippen LogP contribution in [0.15, 0.2) is 51.8 Å². The maximum absolute atomic E-state index is 12.7. The van der Waals surface area contributed by atoms with Gasteiger partial charge >= 0.3 is 5.63 Å². The van der Waals surface area contributed by atoms with Crippen LogP contribution in [0.1, 0.15) is 23.6 Å². The van der Waals surface area contributed by atoms with E-state index >= 15 is 0 Å². The Balaban J connectivity index is 1.49. The highest BCUT2D eigenvalue weighted by atomic mass is 16.5. The molecule has 2 atom stereocenters. The summed E-state index contributed by atoms with van der Waals surface area (Å²) in [6.07, 6.45) is 0.535. The van der Waals surface area contributed by atoms with Crippen LogP contribution in [0.4, 0.5) is 0 Å². The second kappa shape index (κ2) is 8.93. The molecule has 176 valence electrons. The van der Waals surface area contributed by atoms with E-state index in [1.165, 1.54) is 25.1 Å². The Morgan fingerprint density at radius 2 is 1.91 bits per heavy atom. The Kier molecular flexibility index (Phi) is 6.02. The largest absolute Gasteiger partial charge is 0.548 e. The van der Waals surface area contributed by atoms with Crippen LogP contribution in [0, 0.1) is 13.8 Å². The zero-order valence-corrected chi connectivity index (χ0v) is 18.8. The van der Waals surface area contributed by atoms with Crippen molar-refractivity contribution in [1.29, 1.82) is 0 Å². The quantitative estimate of drug-likeness (QED) is 0.355. The number of aryl methyl sites for hydroxylation is 1. The van der Waals surface area contributed by atoms with Gasteiger partial charge in [-0.15, -0.1) is 0 Å². The summed E-state index contributed by atoms with van der Waals surface area (Å²) in [7, 11) is 0.